The van der Waals surface area contributed by atoms with Crippen molar-refractivity contribution < 1.29 is 13.9 Å². The van der Waals surface area contributed by atoms with Crippen molar-refractivity contribution in [1.82, 2.24) is 4.98 Å². The van der Waals surface area contributed by atoms with Gasteiger partial charge in [-0.2, -0.15) is 0 Å². The number of carbonyl (C=O) groups is 1. The van der Waals surface area contributed by atoms with Crippen LogP contribution in [0.15, 0.2) is 30.5 Å². The van der Waals surface area contributed by atoms with Crippen molar-refractivity contribution in [3.05, 3.63) is 46.9 Å². The number of nitrogen functional groups attached to an aromatic ring is 1. The Morgan fingerprint density at radius 1 is 1.48 bits per heavy atom. The monoisotopic (exact) mass is 309 g/mol. The summed E-state index contributed by atoms with van der Waals surface area (Å²) in [4.78, 5) is 15.7. The van der Waals surface area contributed by atoms with Crippen molar-refractivity contribution in [1.29, 1.82) is 0 Å². The first-order chi connectivity index (χ1) is 10.0. The van der Waals surface area contributed by atoms with Crippen LogP contribution in [0.4, 0.5) is 21.6 Å². The Morgan fingerprint density at radius 2 is 2.24 bits per heavy atom. The van der Waals surface area contributed by atoms with Gasteiger partial charge in [0, 0.05) is 5.02 Å². The third-order valence-corrected chi connectivity index (χ3v) is 2.86. The van der Waals surface area contributed by atoms with Crippen LogP contribution in [0.25, 0.3) is 0 Å². The predicted octanol–water partition coefficient (Wildman–Crippen LogP) is 3.38. The number of aromatic nitrogens is 1. The molecule has 0 aliphatic heterocycles. The molecular formula is C14H13ClFN3O2. The first-order valence-electron chi connectivity index (χ1n) is 6.16. The van der Waals surface area contributed by atoms with E-state index in [4.69, 9.17) is 22.1 Å². The molecule has 5 nitrogen and oxygen atoms in total. The van der Waals surface area contributed by atoms with Gasteiger partial charge in [-0.25, -0.2) is 14.2 Å². The summed E-state index contributed by atoms with van der Waals surface area (Å²) >= 11 is 5.81. The smallest absolute Gasteiger partial charge is 0.340 e. The quantitative estimate of drug-likeness (QED) is 0.847. The molecule has 110 valence electrons. The molecule has 0 saturated heterocycles. The summed E-state index contributed by atoms with van der Waals surface area (Å²) in [6.07, 6.45) is 1.30. The zero-order valence-electron chi connectivity index (χ0n) is 11.2. The first-order valence-corrected chi connectivity index (χ1v) is 6.53. The summed E-state index contributed by atoms with van der Waals surface area (Å²) in [5, 5.41) is 3.12. The molecule has 0 aliphatic carbocycles. The lowest BCUT2D eigenvalue weighted by atomic mass is 10.2. The van der Waals surface area contributed by atoms with E-state index < -0.39 is 11.8 Å². The summed E-state index contributed by atoms with van der Waals surface area (Å²) in [6.45, 7) is 1.92. The minimum atomic E-state index is -0.563. The second-order valence-corrected chi connectivity index (χ2v) is 4.56. The van der Waals surface area contributed by atoms with Gasteiger partial charge in [-0.1, -0.05) is 11.6 Å². The third-order valence-electron chi connectivity index (χ3n) is 2.62. The average Bonchev–Trinajstić information content (AvgIpc) is 2.45. The van der Waals surface area contributed by atoms with Crippen molar-refractivity contribution in [2.75, 3.05) is 17.7 Å². The van der Waals surface area contributed by atoms with Gasteiger partial charge >= 0.3 is 5.97 Å². The zero-order valence-corrected chi connectivity index (χ0v) is 11.9. The van der Waals surface area contributed by atoms with E-state index in [-0.39, 0.29) is 29.4 Å². The highest BCUT2D eigenvalue weighted by Gasteiger charge is 2.13. The number of nitrogens with two attached hydrogens (primary N) is 1. The van der Waals surface area contributed by atoms with Gasteiger partial charge in [0.05, 0.1) is 29.7 Å². The first kappa shape index (κ1) is 15.1. The molecule has 0 unspecified atom stereocenters. The van der Waals surface area contributed by atoms with Crippen molar-refractivity contribution in [2.45, 2.75) is 6.92 Å². The number of carbonyl (C=O) groups excluding carboxylic acids is 1. The highest BCUT2D eigenvalue weighted by atomic mass is 35.5. The summed E-state index contributed by atoms with van der Waals surface area (Å²) in [5.41, 5.74) is 6.18. The molecule has 0 spiro atoms. The number of nitrogens with zero attached hydrogens (tertiary/aromatic N) is 1. The van der Waals surface area contributed by atoms with Crippen molar-refractivity contribution in [2.24, 2.45) is 0 Å². The molecule has 0 saturated carbocycles. The van der Waals surface area contributed by atoms with E-state index in [0.29, 0.717) is 5.02 Å². The summed E-state index contributed by atoms with van der Waals surface area (Å²) < 4.78 is 18.5. The number of hydrogen-bond donors (Lipinski definition) is 2. The molecule has 1 aromatic carbocycles. The minimum absolute atomic E-state index is 0.148. The van der Waals surface area contributed by atoms with E-state index in [1.165, 1.54) is 30.5 Å². The van der Waals surface area contributed by atoms with Crippen LogP contribution in [-0.2, 0) is 4.74 Å². The standard InChI is InChI=1S/C14H13ClFN3O2/c1-2-21-14(20)9-6-13(18-7-11(9)17)19-12-5-8(15)3-4-10(12)16/h3-7H,2,17H2,1H3,(H,18,19). The Morgan fingerprint density at radius 3 is 2.95 bits per heavy atom. The Balaban J connectivity index is 2.31. The molecule has 21 heavy (non-hydrogen) atoms. The summed E-state index contributed by atoms with van der Waals surface area (Å²) in [7, 11) is 0. The van der Waals surface area contributed by atoms with Gasteiger partial charge in [0.25, 0.3) is 0 Å². The van der Waals surface area contributed by atoms with Gasteiger partial charge in [-0.15, -0.1) is 0 Å². The van der Waals surface area contributed by atoms with E-state index in [1.54, 1.807) is 6.92 Å². The molecule has 1 heterocycles. The van der Waals surface area contributed by atoms with Crippen LogP contribution in [0.2, 0.25) is 5.02 Å². The maximum absolute atomic E-state index is 13.6. The Bertz CT molecular complexity index is 679. The SMILES string of the molecule is CCOC(=O)c1cc(Nc2cc(Cl)ccc2F)ncc1N. The molecule has 3 N–H and O–H groups in total. The molecule has 0 radical (unpaired) electrons. The van der Waals surface area contributed by atoms with Crippen molar-refractivity contribution in [3.8, 4) is 0 Å². The van der Waals surface area contributed by atoms with Gasteiger partial charge in [0.15, 0.2) is 0 Å². The number of ether oxygens (including phenoxy) is 1. The number of pyridine rings is 1. The Hall–Kier alpha value is -2.34. The number of rotatable bonds is 4. The van der Waals surface area contributed by atoms with Crippen LogP contribution < -0.4 is 11.1 Å². The highest BCUT2D eigenvalue weighted by molar-refractivity contribution is 6.30. The third kappa shape index (κ3) is 3.61. The molecule has 2 rings (SSSR count). The van der Waals surface area contributed by atoms with Crippen LogP contribution in [-0.4, -0.2) is 17.6 Å². The lowest BCUT2D eigenvalue weighted by Crippen LogP contribution is -2.09. The lowest BCUT2D eigenvalue weighted by Gasteiger charge is -2.10. The number of hydrogen-bond acceptors (Lipinski definition) is 5. The normalized spacial score (nSPS) is 10.2. The Labute approximate surface area is 125 Å². The molecule has 7 heteroatoms. The van der Waals surface area contributed by atoms with Crippen LogP contribution in [0.3, 0.4) is 0 Å². The van der Waals surface area contributed by atoms with E-state index in [9.17, 15) is 9.18 Å². The van der Waals surface area contributed by atoms with E-state index >= 15 is 0 Å². The number of anilines is 3. The summed E-state index contributed by atoms with van der Waals surface area (Å²) in [5.74, 6) is -0.795. The number of esters is 1. The fourth-order valence-electron chi connectivity index (χ4n) is 1.65. The van der Waals surface area contributed by atoms with Gasteiger partial charge in [0.1, 0.15) is 11.6 Å². The predicted molar refractivity (Wildman–Crippen MR) is 79.3 cm³/mol. The number of benzene rings is 1. The number of halogens is 2. The lowest BCUT2D eigenvalue weighted by molar-refractivity contribution is 0.0527. The van der Waals surface area contributed by atoms with Crippen LogP contribution in [0, 0.1) is 5.82 Å². The minimum Gasteiger partial charge on any atom is -0.462 e. The molecule has 0 aliphatic rings. The van der Waals surface area contributed by atoms with Gasteiger partial charge in [0.2, 0.25) is 0 Å². The largest absolute Gasteiger partial charge is 0.462 e. The maximum atomic E-state index is 13.6. The molecule has 2 aromatic rings. The van der Waals surface area contributed by atoms with Crippen molar-refractivity contribution >= 4 is 34.8 Å². The van der Waals surface area contributed by atoms with Crippen LogP contribution in [0.1, 0.15) is 17.3 Å². The van der Waals surface area contributed by atoms with E-state index in [0.717, 1.165) is 0 Å². The fraction of sp³-hybridized carbons (Fsp3) is 0.143. The summed E-state index contributed by atoms with van der Waals surface area (Å²) in [6, 6.07) is 5.48. The molecule has 1 aromatic heterocycles. The average molecular weight is 310 g/mol. The number of nitrogens with one attached hydrogen (secondary N) is 1. The second kappa shape index (κ2) is 6.41. The van der Waals surface area contributed by atoms with Gasteiger partial charge in [-0.3, -0.25) is 0 Å². The van der Waals surface area contributed by atoms with Crippen LogP contribution >= 0.6 is 11.6 Å². The van der Waals surface area contributed by atoms with Crippen LogP contribution in [0.5, 0.6) is 0 Å². The zero-order chi connectivity index (χ0) is 15.4. The molecule has 0 amide bonds. The van der Waals surface area contributed by atoms with Gasteiger partial charge in [-0.05, 0) is 31.2 Å². The molecular weight excluding hydrogens is 297 g/mol. The second-order valence-electron chi connectivity index (χ2n) is 4.13. The highest BCUT2D eigenvalue weighted by Crippen LogP contribution is 2.24. The molecule has 0 fully saturated rings. The maximum Gasteiger partial charge on any atom is 0.340 e. The fourth-order valence-corrected chi connectivity index (χ4v) is 1.82. The molecule has 0 bridgehead atoms. The van der Waals surface area contributed by atoms with E-state index in [2.05, 4.69) is 10.3 Å². The van der Waals surface area contributed by atoms with Gasteiger partial charge < -0.3 is 15.8 Å². The Kier molecular flexibility index (Phi) is 4.59. The molecule has 0 atom stereocenters. The topological polar surface area (TPSA) is 77.2 Å². The van der Waals surface area contributed by atoms with E-state index in [1.807, 2.05) is 0 Å². The van der Waals surface area contributed by atoms with Crippen molar-refractivity contribution in [3.63, 3.8) is 0 Å².